The van der Waals surface area contributed by atoms with Gasteiger partial charge in [-0.3, -0.25) is 0 Å². The molecule has 0 bridgehead atoms. The molecule has 1 unspecified atom stereocenters. The van der Waals surface area contributed by atoms with Crippen molar-refractivity contribution in [3.63, 3.8) is 0 Å². The predicted molar refractivity (Wildman–Crippen MR) is 82.3 cm³/mol. The summed E-state index contributed by atoms with van der Waals surface area (Å²) in [6.45, 7) is 2.01. The van der Waals surface area contributed by atoms with Crippen molar-refractivity contribution < 1.29 is 22.1 Å². The Kier molecular flexibility index (Phi) is 4.70. The van der Waals surface area contributed by atoms with Crippen LogP contribution in [-0.2, 0) is 19.6 Å². The largest absolute Gasteiger partial charge is 0.382 e. The highest BCUT2D eigenvalue weighted by molar-refractivity contribution is 7.87. The Balaban J connectivity index is 1.62. The molecule has 2 fully saturated rings. The monoisotopic (exact) mass is 326 g/mol. The van der Waals surface area contributed by atoms with Crippen LogP contribution in [0, 0.1) is 5.92 Å². The van der Waals surface area contributed by atoms with Crippen LogP contribution in [-0.4, -0.2) is 39.6 Å². The molecule has 1 atom stereocenters. The molecule has 2 heterocycles. The van der Waals surface area contributed by atoms with Crippen LogP contribution < -0.4 is 4.18 Å². The first-order valence-electron chi connectivity index (χ1n) is 7.76. The lowest BCUT2D eigenvalue weighted by Crippen LogP contribution is -2.45. The first-order valence-corrected chi connectivity index (χ1v) is 9.34. The number of para-hydroxylation sites is 1. The Hall–Kier alpha value is -1.11. The van der Waals surface area contributed by atoms with Gasteiger partial charge in [-0.05, 0) is 43.7 Å². The zero-order valence-corrected chi connectivity index (χ0v) is 13.4. The lowest BCUT2D eigenvalue weighted by atomic mass is 9.81. The van der Waals surface area contributed by atoms with Crippen molar-refractivity contribution in [3.8, 4) is 5.75 Å². The van der Waals surface area contributed by atoms with Gasteiger partial charge in [-0.15, -0.1) is 0 Å². The Morgan fingerprint density at radius 3 is 2.59 bits per heavy atom. The van der Waals surface area contributed by atoms with Gasteiger partial charge in [-0.1, -0.05) is 18.2 Å². The van der Waals surface area contributed by atoms with Gasteiger partial charge < -0.3 is 13.7 Å². The molecule has 0 aromatic heterocycles. The van der Waals surface area contributed by atoms with E-state index in [0.29, 0.717) is 25.6 Å². The Bertz CT molecular complexity index is 572. The summed E-state index contributed by atoms with van der Waals surface area (Å²) < 4.78 is 41.0. The quantitative estimate of drug-likeness (QED) is 0.795. The van der Waals surface area contributed by atoms with E-state index in [0.717, 1.165) is 25.7 Å². The molecule has 1 spiro atoms. The minimum atomic E-state index is -3.58. The third-order valence-corrected chi connectivity index (χ3v) is 5.73. The molecular formula is C16H22O5S. The molecule has 5 nitrogen and oxygen atoms in total. The van der Waals surface area contributed by atoms with Gasteiger partial charge in [-0.2, -0.15) is 8.42 Å². The van der Waals surface area contributed by atoms with Gasteiger partial charge in [-0.25, -0.2) is 0 Å². The fourth-order valence-electron chi connectivity index (χ4n) is 3.31. The van der Waals surface area contributed by atoms with Crippen LogP contribution in [0.15, 0.2) is 30.3 Å². The summed E-state index contributed by atoms with van der Waals surface area (Å²) in [5, 5.41) is 0. The maximum absolute atomic E-state index is 12.3. The van der Waals surface area contributed by atoms with Crippen LogP contribution in [0.5, 0.6) is 5.75 Å². The molecule has 2 aliphatic heterocycles. The molecular weight excluding hydrogens is 304 g/mol. The summed E-state index contributed by atoms with van der Waals surface area (Å²) in [6.07, 6.45) is 3.24. The minimum Gasteiger partial charge on any atom is -0.382 e. The van der Waals surface area contributed by atoms with E-state index in [2.05, 4.69) is 0 Å². The third kappa shape index (κ3) is 4.00. The van der Waals surface area contributed by atoms with E-state index in [4.69, 9.17) is 13.7 Å². The van der Waals surface area contributed by atoms with Gasteiger partial charge in [0.25, 0.3) is 0 Å². The summed E-state index contributed by atoms with van der Waals surface area (Å²) in [6, 6.07) is 8.66. The molecule has 2 saturated heterocycles. The second-order valence-corrected chi connectivity index (χ2v) is 7.74. The van der Waals surface area contributed by atoms with Crippen molar-refractivity contribution in [1.29, 1.82) is 0 Å². The van der Waals surface area contributed by atoms with Crippen LogP contribution in [0.3, 0.4) is 0 Å². The number of ether oxygens (including phenoxy) is 2. The van der Waals surface area contributed by atoms with E-state index >= 15 is 0 Å². The molecule has 0 aliphatic carbocycles. The number of hydrogen-bond donors (Lipinski definition) is 0. The fourth-order valence-corrected chi connectivity index (χ4v) is 4.64. The molecule has 6 heteroatoms. The molecule has 0 N–H and O–H groups in total. The van der Waals surface area contributed by atoms with E-state index in [1.54, 1.807) is 24.3 Å². The van der Waals surface area contributed by atoms with Crippen molar-refractivity contribution in [2.45, 2.75) is 31.3 Å². The predicted octanol–water partition coefficient (Wildman–Crippen LogP) is 2.37. The second kappa shape index (κ2) is 6.56. The summed E-state index contributed by atoms with van der Waals surface area (Å²) in [5.41, 5.74) is -0.191. The Morgan fingerprint density at radius 2 is 1.86 bits per heavy atom. The highest BCUT2D eigenvalue weighted by Gasteiger charge is 2.40. The summed E-state index contributed by atoms with van der Waals surface area (Å²) in [4.78, 5) is 0. The lowest BCUT2D eigenvalue weighted by molar-refractivity contribution is -0.144. The van der Waals surface area contributed by atoms with Crippen LogP contribution in [0.1, 0.15) is 25.7 Å². The number of hydrogen-bond acceptors (Lipinski definition) is 5. The van der Waals surface area contributed by atoms with E-state index in [1.807, 2.05) is 6.07 Å². The Labute approximate surface area is 131 Å². The molecule has 1 aromatic rings. The summed E-state index contributed by atoms with van der Waals surface area (Å²) in [7, 11) is -3.58. The molecule has 122 valence electrons. The van der Waals surface area contributed by atoms with Gasteiger partial charge in [0, 0.05) is 19.8 Å². The standard InChI is InChI=1S/C16H22O5S/c17-22(18,21-15-4-2-1-3-5-15)13-14-6-9-20-16(12-14)7-10-19-11-8-16/h1-5,14H,6-13H2. The van der Waals surface area contributed by atoms with E-state index < -0.39 is 10.1 Å². The van der Waals surface area contributed by atoms with Crippen molar-refractivity contribution in [2.24, 2.45) is 5.92 Å². The topological polar surface area (TPSA) is 61.8 Å². The van der Waals surface area contributed by atoms with Crippen molar-refractivity contribution in [1.82, 2.24) is 0 Å². The maximum atomic E-state index is 12.3. The van der Waals surface area contributed by atoms with Gasteiger partial charge in [0.1, 0.15) is 5.75 Å². The smallest absolute Gasteiger partial charge is 0.309 e. The maximum Gasteiger partial charge on any atom is 0.309 e. The van der Waals surface area contributed by atoms with Crippen LogP contribution in [0.2, 0.25) is 0 Å². The highest BCUT2D eigenvalue weighted by atomic mass is 32.2. The Morgan fingerprint density at radius 1 is 1.14 bits per heavy atom. The second-order valence-electron chi connectivity index (χ2n) is 6.12. The van der Waals surface area contributed by atoms with Crippen LogP contribution >= 0.6 is 0 Å². The highest BCUT2D eigenvalue weighted by Crippen LogP contribution is 2.37. The fraction of sp³-hybridized carbons (Fsp3) is 0.625. The third-order valence-electron chi connectivity index (χ3n) is 4.41. The molecule has 1 aromatic carbocycles. The zero-order chi connectivity index (χ0) is 15.5. The van der Waals surface area contributed by atoms with E-state index in [1.165, 1.54) is 0 Å². The van der Waals surface area contributed by atoms with Crippen molar-refractivity contribution >= 4 is 10.1 Å². The zero-order valence-electron chi connectivity index (χ0n) is 12.6. The van der Waals surface area contributed by atoms with Gasteiger partial charge in [0.2, 0.25) is 0 Å². The molecule has 0 saturated carbocycles. The van der Waals surface area contributed by atoms with Crippen molar-refractivity contribution in [3.05, 3.63) is 30.3 Å². The van der Waals surface area contributed by atoms with E-state index in [-0.39, 0.29) is 17.3 Å². The molecule has 22 heavy (non-hydrogen) atoms. The average molecular weight is 326 g/mol. The summed E-state index contributed by atoms with van der Waals surface area (Å²) >= 11 is 0. The molecule has 0 amide bonds. The van der Waals surface area contributed by atoms with Gasteiger partial charge in [0.15, 0.2) is 0 Å². The first-order chi connectivity index (χ1) is 10.6. The average Bonchev–Trinajstić information content (AvgIpc) is 2.48. The van der Waals surface area contributed by atoms with Crippen LogP contribution in [0.4, 0.5) is 0 Å². The molecule has 3 rings (SSSR count). The van der Waals surface area contributed by atoms with Gasteiger partial charge >= 0.3 is 10.1 Å². The number of benzene rings is 1. The molecule has 2 aliphatic rings. The number of rotatable bonds is 4. The summed E-state index contributed by atoms with van der Waals surface area (Å²) in [5.74, 6) is 0.504. The first kappa shape index (κ1) is 15.8. The van der Waals surface area contributed by atoms with Gasteiger partial charge in [0.05, 0.1) is 11.4 Å². The molecule has 0 radical (unpaired) electrons. The van der Waals surface area contributed by atoms with Crippen LogP contribution in [0.25, 0.3) is 0 Å². The SMILES string of the molecule is O=S(=O)(CC1CCOC2(CCOCC2)C1)Oc1ccccc1. The minimum absolute atomic E-state index is 0.0495. The van der Waals surface area contributed by atoms with E-state index in [9.17, 15) is 8.42 Å². The normalized spacial score (nSPS) is 25.0. The lowest BCUT2D eigenvalue weighted by Gasteiger charge is -2.43. The van der Waals surface area contributed by atoms with Crippen molar-refractivity contribution in [2.75, 3.05) is 25.6 Å².